The molecule has 4 aliphatic carbocycles. The molecule has 2 spiro atoms. The Morgan fingerprint density at radius 3 is 0.602 bits per heavy atom. The molecule has 0 atom stereocenters. The molecule has 4 aliphatic rings. The van der Waals surface area contributed by atoms with E-state index in [-0.39, 0.29) is 5.41 Å². The number of benzene rings is 17. The molecule has 0 saturated carbocycles. The lowest BCUT2D eigenvalue weighted by Crippen LogP contribution is -2.27. The van der Waals surface area contributed by atoms with Crippen molar-refractivity contribution >= 4 is 68.2 Å². The minimum absolute atomic E-state index is 0.286. The van der Waals surface area contributed by atoms with Crippen molar-refractivity contribution in [2.75, 3.05) is 19.6 Å². The molecule has 0 heterocycles. The van der Waals surface area contributed by atoms with Crippen molar-refractivity contribution < 1.29 is 0 Å². The summed E-state index contributed by atoms with van der Waals surface area (Å²) in [7, 11) is 0. The van der Waals surface area contributed by atoms with E-state index in [0.29, 0.717) is 0 Å². The lowest BCUT2D eigenvalue weighted by atomic mass is 9.68. The molecule has 0 fully saturated rings. The molecule has 0 amide bonds. The summed E-state index contributed by atoms with van der Waals surface area (Å²) < 4.78 is 0. The van der Waals surface area contributed by atoms with Gasteiger partial charge in [0.15, 0.2) is 0 Å². The maximum absolute atomic E-state index is 2.50. The fraction of sp³-hybridized carbons (Fsp3) is 0.0192. The second kappa shape index (κ2) is 26.6. The summed E-state index contributed by atoms with van der Waals surface area (Å²) in [6, 6.07) is 160. The van der Waals surface area contributed by atoms with Crippen LogP contribution in [-0.2, 0) is 10.8 Å². The highest BCUT2D eigenvalue weighted by molar-refractivity contribution is 6.02. The van der Waals surface area contributed by atoms with Crippen LogP contribution in [0.1, 0.15) is 44.5 Å². The summed E-state index contributed by atoms with van der Waals surface area (Å²) >= 11 is 0. The van der Waals surface area contributed by atoms with E-state index < -0.39 is 5.41 Å². The molecule has 4 nitrogen and oxygen atoms in total. The molecule has 0 unspecified atom stereocenters. The van der Waals surface area contributed by atoms with Crippen LogP contribution in [-0.4, -0.2) is 0 Å². The fourth-order valence-corrected chi connectivity index (χ4v) is 18.2. The smallest absolute Gasteiger partial charge is 0.0731 e. The van der Waals surface area contributed by atoms with E-state index in [2.05, 4.69) is 456 Å². The third kappa shape index (κ3) is 10.2. The SMILES string of the molecule is c1ccc(-c2cccc3c2C2(c4ccccc4-c4ccccc42)c2ccccc2-3)cc1.c1ccc(N(c2ccccc2)c2ccc3c(c2)C2(c4cc(N(c5ccccc5)c5ccccc5)ccc4-3)c3cc(N(c4ccccc4)c4ccccc4)ccc3-c3ccc(N(c4ccccc4)c4ccccc4)cc32)cc1. The predicted octanol–water partition coefficient (Wildman–Crippen LogP) is 27.6. The number of para-hydroxylation sites is 8. The van der Waals surface area contributed by atoms with Gasteiger partial charge in [-0.3, -0.25) is 0 Å². The fourth-order valence-electron chi connectivity index (χ4n) is 18.2. The van der Waals surface area contributed by atoms with Gasteiger partial charge in [-0.1, -0.05) is 291 Å². The Labute approximate surface area is 631 Å². The average Bonchev–Trinajstić information content (AvgIpc) is 1.51. The van der Waals surface area contributed by atoms with E-state index in [4.69, 9.17) is 0 Å². The summed E-state index contributed by atoms with van der Waals surface area (Å²) in [6.45, 7) is 0. The Kier molecular flexibility index (Phi) is 15.7. The lowest BCUT2D eigenvalue weighted by Gasteiger charge is -2.35. The third-order valence-corrected chi connectivity index (χ3v) is 22.5. The lowest BCUT2D eigenvalue weighted by molar-refractivity contribution is 0.793. The van der Waals surface area contributed by atoms with Crippen molar-refractivity contribution in [1.82, 2.24) is 0 Å². The monoisotopic (exact) mass is 1380 g/mol. The van der Waals surface area contributed by atoms with Crippen molar-refractivity contribution in [2.24, 2.45) is 0 Å². The highest BCUT2D eigenvalue weighted by atomic mass is 15.2. The highest BCUT2D eigenvalue weighted by Gasteiger charge is 2.55. The molecule has 21 rings (SSSR count). The van der Waals surface area contributed by atoms with Crippen LogP contribution in [0, 0.1) is 0 Å². The molecule has 0 aromatic heterocycles. The van der Waals surface area contributed by atoms with Gasteiger partial charge < -0.3 is 19.6 Å². The van der Waals surface area contributed by atoms with Crippen LogP contribution in [0.4, 0.5) is 68.2 Å². The van der Waals surface area contributed by atoms with Crippen molar-refractivity contribution in [3.05, 3.63) is 481 Å². The van der Waals surface area contributed by atoms with Crippen LogP contribution in [0.3, 0.4) is 0 Å². The minimum atomic E-state index is -0.816. The van der Waals surface area contributed by atoms with E-state index in [1.807, 2.05) is 0 Å². The maximum Gasteiger partial charge on any atom is 0.0731 e. The van der Waals surface area contributed by atoms with Crippen LogP contribution in [0.15, 0.2) is 437 Å². The van der Waals surface area contributed by atoms with Crippen LogP contribution in [0.25, 0.3) is 55.6 Å². The Hall–Kier alpha value is -14.1. The van der Waals surface area contributed by atoms with Gasteiger partial charge in [0.25, 0.3) is 0 Å². The summed E-state index contributed by atoms with van der Waals surface area (Å²) in [5.74, 6) is 0. The topological polar surface area (TPSA) is 13.0 Å². The average molecular weight is 1380 g/mol. The van der Waals surface area contributed by atoms with Crippen LogP contribution in [0.5, 0.6) is 0 Å². The number of hydrogen-bond acceptors (Lipinski definition) is 4. The number of rotatable bonds is 13. The first-order chi connectivity index (χ1) is 53.6. The Balaban J connectivity index is 0.000000205. The quantitative estimate of drug-likeness (QED) is 0.114. The van der Waals surface area contributed by atoms with Gasteiger partial charge in [-0.05, 0) is 246 Å². The van der Waals surface area contributed by atoms with E-state index in [1.54, 1.807) is 0 Å². The Morgan fingerprint density at radius 1 is 0.130 bits per heavy atom. The van der Waals surface area contributed by atoms with Gasteiger partial charge in [0, 0.05) is 68.2 Å². The summed E-state index contributed by atoms with van der Waals surface area (Å²) in [4.78, 5) is 9.60. The van der Waals surface area contributed by atoms with Gasteiger partial charge in [0.1, 0.15) is 0 Å². The Bertz CT molecular complexity index is 5420. The zero-order chi connectivity index (χ0) is 71.5. The van der Waals surface area contributed by atoms with Crippen molar-refractivity contribution in [2.45, 2.75) is 10.8 Å². The van der Waals surface area contributed by atoms with Gasteiger partial charge >= 0.3 is 0 Å². The molecule has 0 radical (unpaired) electrons. The van der Waals surface area contributed by atoms with Crippen molar-refractivity contribution in [3.8, 4) is 55.6 Å². The number of nitrogens with zero attached hydrogens (tertiary/aromatic N) is 4. The highest BCUT2D eigenvalue weighted by Crippen LogP contribution is 2.67. The zero-order valence-electron chi connectivity index (χ0n) is 59.4. The first-order valence-electron chi connectivity index (χ1n) is 37.3. The predicted molar refractivity (Wildman–Crippen MR) is 450 cm³/mol. The first-order valence-corrected chi connectivity index (χ1v) is 37.3. The molecular formula is C104H72N4. The van der Waals surface area contributed by atoms with Gasteiger partial charge in [-0.15, -0.1) is 0 Å². The van der Waals surface area contributed by atoms with E-state index in [0.717, 1.165) is 68.2 Å². The third-order valence-electron chi connectivity index (χ3n) is 22.5. The number of fused-ring (bicyclic) bond motifs is 20. The van der Waals surface area contributed by atoms with Crippen LogP contribution < -0.4 is 19.6 Å². The Morgan fingerprint density at radius 2 is 0.333 bits per heavy atom. The second-order valence-corrected chi connectivity index (χ2v) is 28.2. The number of hydrogen-bond donors (Lipinski definition) is 0. The van der Waals surface area contributed by atoms with E-state index >= 15 is 0 Å². The van der Waals surface area contributed by atoms with Crippen LogP contribution >= 0.6 is 0 Å². The molecule has 0 saturated heterocycles. The minimum Gasteiger partial charge on any atom is -0.310 e. The molecule has 508 valence electrons. The van der Waals surface area contributed by atoms with Gasteiger partial charge in [-0.25, -0.2) is 0 Å². The number of anilines is 12. The second-order valence-electron chi connectivity index (χ2n) is 28.2. The molecular weight excluding hydrogens is 1310 g/mol. The summed E-state index contributed by atoms with van der Waals surface area (Å²) in [6.07, 6.45) is 0. The van der Waals surface area contributed by atoms with Gasteiger partial charge in [-0.2, -0.15) is 0 Å². The zero-order valence-corrected chi connectivity index (χ0v) is 59.4. The standard InChI is InChI=1S/C73H52N4.C31H20/c1-9-25-53(26-10-1)74(54-27-11-2-12-28-54)61-41-45-65-66-46-42-62(75(55-29-13-3-14-30-55)56-31-15-4-16-32-56)50-70(66)73(69(65)49-61)71-51-63(76(57-33-17-5-18-34-57)58-35-19-6-20-36-58)43-47-67(71)68-48-44-64(52-72(68)73)77(59-37-21-7-22-38-59)60-39-23-8-24-40-60;1-2-11-21(12-3-1)22-16-10-17-26-25-15-6-9-20-29(25)31(30(22)26)27-18-7-4-13-23(27)24-14-5-8-19-28(24)31/h1-52H;1-20H. The van der Waals surface area contributed by atoms with Gasteiger partial charge in [0.2, 0.25) is 0 Å². The van der Waals surface area contributed by atoms with E-state index in [1.165, 1.54) is 100 Å². The molecule has 17 aromatic rings. The van der Waals surface area contributed by atoms with Crippen LogP contribution in [0.2, 0.25) is 0 Å². The normalized spacial score (nSPS) is 12.8. The van der Waals surface area contributed by atoms with Crippen molar-refractivity contribution in [3.63, 3.8) is 0 Å². The summed E-state index contributed by atoms with van der Waals surface area (Å²) in [5, 5.41) is 0. The molecule has 4 heteroatoms. The molecule has 0 N–H and O–H groups in total. The summed E-state index contributed by atoms with van der Waals surface area (Å²) in [5.41, 5.74) is 35.3. The van der Waals surface area contributed by atoms with Gasteiger partial charge in [0.05, 0.1) is 10.8 Å². The maximum atomic E-state index is 2.50. The van der Waals surface area contributed by atoms with Crippen molar-refractivity contribution in [1.29, 1.82) is 0 Å². The molecule has 108 heavy (non-hydrogen) atoms. The molecule has 17 aromatic carbocycles. The largest absolute Gasteiger partial charge is 0.310 e. The molecule has 0 bridgehead atoms. The molecule has 0 aliphatic heterocycles. The van der Waals surface area contributed by atoms with E-state index in [9.17, 15) is 0 Å². The first kappa shape index (κ1) is 63.6.